The minimum atomic E-state index is -0.473. The van der Waals surface area contributed by atoms with E-state index in [1.165, 1.54) is 33.5 Å². The highest BCUT2D eigenvalue weighted by atomic mass is 32.2. The van der Waals surface area contributed by atoms with E-state index >= 15 is 0 Å². The zero-order valence-electron chi connectivity index (χ0n) is 19.0. The number of nitrogens with two attached hydrogens (primary N) is 1. The molecule has 0 aliphatic heterocycles. The van der Waals surface area contributed by atoms with Gasteiger partial charge in [0.1, 0.15) is 10.8 Å². The highest BCUT2D eigenvalue weighted by molar-refractivity contribution is 7.99. The van der Waals surface area contributed by atoms with Crippen LogP contribution in [0.3, 0.4) is 0 Å². The summed E-state index contributed by atoms with van der Waals surface area (Å²) >= 11 is 2.84. The molecular weight excluding hydrogens is 454 g/mol. The number of nitrogens with zero attached hydrogens (tertiary/aromatic N) is 3. The third-order valence-corrected chi connectivity index (χ3v) is 8.07. The monoisotopic (exact) mass is 483 g/mol. The quantitative estimate of drug-likeness (QED) is 0.446. The third-order valence-electron chi connectivity index (χ3n) is 5.93. The number of fused-ring (bicyclic) bond motifs is 1. The van der Waals surface area contributed by atoms with Crippen LogP contribution in [0.5, 0.6) is 0 Å². The second kappa shape index (κ2) is 10.5. The number of anilines is 1. The molecule has 9 heteroatoms. The fraction of sp³-hybridized carbons (Fsp3) is 0.417. The molecular formula is C24H29N5O2S2. The standard InChI is InChI=1S/C24H29N5O2S2/c1-3-29-19(12-10-16-7-5-4-6-8-16)27-28-24(29)32-14-20(30)26-23-21(22(25)31)17-11-9-15(2)13-18(17)33-23/h4-8,15H,3,9-14H2,1-2H3,(H2,25,31)(H,26,30)/t15-/m1/s1. The number of hydrogen-bond acceptors (Lipinski definition) is 6. The van der Waals surface area contributed by atoms with Gasteiger partial charge in [-0.3, -0.25) is 9.59 Å². The van der Waals surface area contributed by atoms with Crippen LogP contribution >= 0.6 is 23.1 Å². The van der Waals surface area contributed by atoms with Crippen molar-refractivity contribution in [1.29, 1.82) is 0 Å². The van der Waals surface area contributed by atoms with Gasteiger partial charge in [0.2, 0.25) is 5.91 Å². The van der Waals surface area contributed by atoms with Crippen LogP contribution < -0.4 is 11.1 Å². The van der Waals surface area contributed by atoms with Crippen LogP contribution in [0.1, 0.15) is 52.5 Å². The van der Waals surface area contributed by atoms with E-state index in [2.05, 4.69) is 46.1 Å². The molecule has 2 heterocycles. The summed E-state index contributed by atoms with van der Waals surface area (Å²) in [5.74, 6) is 1.03. The highest BCUT2D eigenvalue weighted by Gasteiger charge is 2.27. The molecule has 1 aromatic carbocycles. The average Bonchev–Trinajstić information content (AvgIpc) is 3.36. The number of thiophene rings is 1. The second-order valence-electron chi connectivity index (χ2n) is 8.39. The van der Waals surface area contributed by atoms with E-state index in [1.807, 2.05) is 18.2 Å². The molecule has 2 amide bonds. The van der Waals surface area contributed by atoms with Crippen molar-refractivity contribution >= 4 is 39.9 Å². The largest absolute Gasteiger partial charge is 0.365 e. The van der Waals surface area contributed by atoms with Gasteiger partial charge >= 0.3 is 0 Å². The topological polar surface area (TPSA) is 103 Å². The SMILES string of the molecule is CCn1c(CCc2ccccc2)nnc1SCC(=O)Nc1sc2c(c1C(N)=O)CC[C@@H](C)C2. The fourth-order valence-corrected chi connectivity index (χ4v) is 6.48. The van der Waals surface area contributed by atoms with Crippen molar-refractivity contribution in [3.63, 3.8) is 0 Å². The van der Waals surface area contributed by atoms with E-state index < -0.39 is 5.91 Å². The first-order valence-electron chi connectivity index (χ1n) is 11.3. The third kappa shape index (κ3) is 5.47. The lowest BCUT2D eigenvalue weighted by Crippen LogP contribution is -2.20. The number of primary amides is 1. The average molecular weight is 484 g/mol. The van der Waals surface area contributed by atoms with E-state index in [9.17, 15) is 9.59 Å². The maximum atomic E-state index is 12.7. The number of carbonyl (C=O) groups is 2. The lowest BCUT2D eigenvalue weighted by molar-refractivity contribution is -0.113. The number of amides is 2. The number of aryl methyl sites for hydroxylation is 2. The number of rotatable bonds is 9. The van der Waals surface area contributed by atoms with Gasteiger partial charge < -0.3 is 15.6 Å². The number of hydrogen-bond donors (Lipinski definition) is 2. The molecule has 1 atom stereocenters. The maximum absolute atomic E-state index is 12.7. The van der Waals surface area contributed by atoms with E-state index in [4.69, 9.17) is 5.73 Å². The molecule has 0 spiro atoms. The summed E-state index contributed by atoms with van der Waals surface area (Å²) in [6.07, 6.45) is 4.48. The maximum Gasteiger partial charge on any atom is 0.251 e. The Morgan fingerprint density at radius 1 is 1.24 bits per heavy atom. The first kappa shape index (κ1) is 23.5. The Bertz CT molecular complexity index is 1140. The fourth-order valence-electron chi connectivity index (χ4n) is 4.22. The van der Waals surface area contributed by atoms with E-state index in [1.54, 1.807) is 0 Å². The van der Waals surface area contributed by atoms with Gasteiger partial charge in [-0.1, -0.05) is 49.0 Å². The zero-order chi connectivity index (χ0) is 23.4. The molecule has 7 nitrogen and oxygen atoms in total. The minimum Gasteiger partial charge on any atom is -0.365 e. The smallest absolute Gasteiger partial charge is 0.251 e. The zero-order valence-corrected chi connectivity index (χ0v) is 20.6. The molecule has 2 aromatic heterocycles. The first-order valence-corrected chi connectivity index (χ1v) is 13.1. The van der Waals surface area contributed by atoms with Gasteiger partial charge in [0.25, 0.3) is 5.91 Å². The van der Waals surface area contributed by atoms with Gasteiger partial charge in [-0.2, -0.15) is 0 Å². The van der Waals surface area contributed by atoms with E-state index in [0.717, 1.165) is 55.2 Å². The molecule has 3 aromatic rings. The van der Waals surface area contributed by atoms with Crippen LogP contribution in [0.25, 0.3) is 0 Å². The summed E-state index contributed by atoms with van der Waals surface area (Å²) in [4.78, 5) is 26.0. The Labute approximate surface area is 202 Å². The van der Waals surface area contributed by atoms with Crippen molar-refractivity contribution in [3.8, 4) is 0 Å². The van der Waals surface area contributed by atoms with Crippen molar-refractivity contribution in [2.45, 2.75) is 57.7 Å². The number of thioether (sulfide) groups is 1. The molecule has 1 aliphatic carbocycles. The minimum absolute atomic E-state index is 0.175. The van der Waals surface area contributed by atoms with Crippen LogP contribution in [0.4, 0.5) is 5.00 Å². The summed E-state index contributed by atoms with van der Waals surface area (Å²) in [5.41, 5.74) is 8.42. The second-order valence-corrected chi connectivity index (χ2v) is 10.4. The molecule has 0 saturated heterocycles. The van der Waals surface area contributed by atoms with Crippen molar-refractivity contribution in [2.75, 3.05) is 11.1 Å². The van der Waals surface area contributed by atoms with Crippen LogP contribution in [-0.4, -0.2) is 32.3 Å². The van der Waals surface area contributed by atoms with Crippen LogP contribution in [0.2, 0.25) is 0 Å². The number of nitrogens with one attached hydrogen (secondary N) is 1. The molecule has 3 N–H and O–H groups in total. The molecule has 33 heavy (non-hydrogen) atoms. The summed E-state index contributed by atoms with van der Waals surface area (Å²) in [6.45, 7) is 5.00. The predicted octanol–water partition coefficient (Wildman–Crippen LogP) is 4.10. The van der Waals surface area contributed by atoms with Crippen molar-refractivity contribution in [2.24, 2.45) is 11.7 Å². The Balaban J connectivity index is 1.39. The number of aromatic nitrogens is 3. The lowest BCUT2D eigenvalue weighted by atomic mass is 9.88. The molecule has 0 fully saturated rings. The Kier molecular flexibility index (Phi) is 7.49. The van der Waals surface area contributed by atoms with Crippen molar-refractivity contribution in [3.05, 3.63) is 57.7 Å². The molecule has 1 aliphatic rings. The molecule has 174 valence electrons. The first-order chi connectivity index (χ1) is 16.0. The Hall–Kier alpha value is -2.65. The van der Waals surface area contributed by atoms with Crippen molar-refractivity contribution < 1.29 is 9.59 Å². The number of carbonyl (C=O) groups excluding carboxylic acids is 2. The van der Waals surface area contributed by atoms with Crippen LogP contribution in [0.15, 0.2) is 35.5 Å². The van der Waals surface area contributed by atoms with Crippen LogP contribution in [-0.2, 0) is 37.0 Å². The summed E-state index contributed by atoms with van der Waals surface area (Å²) in [6, 6.07) is 10.3. The van der Waals surface area contributed by atoms with E-state index in [-0.39, 0.29) is 11.7 Å². The van der Waals surface area contributed by atoms with Gasteiger partial charge in [-0.05, 0) is 49.7 Å². The molecule has 4 rings (SSSR count). The molecule has 0 radical (unpaired) electrons. The van der Waals surface area contributed by atoms with Gasteiger partial charge in [0.05, 0.1) is 11.3 Å². The Morgan fingerprint density at radius 2 is 2.03 bits per heavy atom. The van der Waals surface area contributed by atoms with Crippen molar-refractivity contribution in [1.82, 2.24) is 14.8 Å². The predicted molar refractivity (Wildman–Crippen MR) is 133 cm³/mol. The summed E-state index contributed by atoms with van der Waals surface area (Å²) in [7, 11) is 0. The molecule has 0 bridgehead atoms. The van der Waals surface area contributed by atoms with Gasteiger partial charge in [0.15, 0.2) is 5.16 Å². The van der Waals surface area contributed by atoms with Gasteiger partial charge in [-0.25, -0.2) is 0 Å². The molecule has 0 saturated carbocycles. The summed E-state index contributed by atoms with van der Waals surface area (Å²) in [5, 5.41) is 12.9. The van der Waals surface area contributed by atoms with Gasteiger partial charge in [0, 0.05) is 17.8 Å². The summed E-state index contributed by atoms with van der Waals surface area (Å²) < 4.78 is 2.06. The normalized spacial score (nSPS) is 15.3. The lowest BCUT2D eigenvalue weighted by Gasteiger charge is -2.18. The highest BCUT2D eigenvalue weighted by Crippen LogP contribution is 2.39. The number of benzene rings is 1. The van der Waals surface area contributed by atoms with Gasteiger partial charge in [-0.15, -0.1) is 21.5 Å². The molecule has 0 unspecified atom stereocenters. The van der Waals surface area contributed by atoms with E-state index in [0.29, 0.717) is 16.5 Å². The Morgan fingerprint density at radius 3 is 2.76 bits per heavy atom. The van der Waals surface area contributed by atoms with Crippen LogP contribution in [0, 0.1) is 5.92 Å².